The molecule has 7 heteroatoms. The van der Waals surface area contributed by atoms with Gasteiger partial charge in [0, 0.05) is 16.6 Å². The molecule has 0 aliphatic rings. The van der Waals surface area contributed by atoms with E-state index in [9.17, 15) is 19.1 Å². The van der Waals surface area contributed by atoms with Gasteiger partial charge in [0.05, 0.1) is 23.1 Å². The fourth-order valence-electron chi connectivity index (χ4n) is 3.21. The van der Waals surface area contributed by atoms with Crippen molar-refractivity contribution in [2.45, 2.75) is 39.7 Å². The van der Waals surface area contributed by atoms with Crippen molar-refractivity contribution < 1.29 is 23.8 Å². The van der Waals surface area contributed by atoms with Gasteiger partial charge in [-0.25, -0.2) is 4.39 Å². The van der Waals surface area contributed by atoms with Crippen LogP contribution in [0.3, 0.4) is 0 Å². The number of aromatic hydroxyl groups is 1. The number of hydrogen-bond acceptors (Lipinski definition) is 4. The van der Waals surface area contributed by atoms with E-state index in [1.54, 1.807) is 19.9 Å². The Bertz CT molecular complexity index is 1110. The number of carbonyl (C=O) groups excluding carboxylic acids is 2. The number of ether oxygens (including phenoxy) is 1. The van der Waals surface area contributed by atoms with E-state index in [2.05, 4.69) is 0 Å². The van der Waals surface area contributed by atoms with E-state index < -0.39 is 17.7 Å². The lowest BCUT2D eigenvalue weighted by Gasteiger charge is -2.11. The van der Waals surface area contributed by atoms with Crippen molar-refractivity contribution in [1.82, 2.24) is 4.57 Å². The Balaban J connectivity index is 2.10. The van der Waals surface area contributed by atoms with Crippen LogP contribution in [0.1, 0.15) is 41.9 Å². The normalized spacial score (nSPS) is 12.2. The minimum Gasteiger partial charge on any atom is -0.508 e. The molecule has 0 amide bonds. The van der Waals surface area contributed by atoms with Gasteiger partial charge >= 0.3 is 5.97 Å². The topological polar surface area (TPSA) is 68.5 Å². The van der Waals surface area contributed by atoms with Gasteiger partial charge in [0.25, 0.3) is 5.91 Å². The lowest BCUT2D eigenvalue weighted by molar-refractivity contribution is -0.147. The molecule has 0 radical (unpaired) electrons. The molecule has 1 heterocycles. The summed E-state index contributed by atoms with van der Waals surface area (Å²) in [6.45, 7) is 5.42. The van der Waals surface area contributed by atoms with Crippen molar-refractivity contribution in [3.63, 3.8) is 0 Å². The van der Waals surface area contributed by atoms with E-state index in [-0.39, 0.29) is 28.9 Å². The number of phenolic OH excluding ortho intramolecular Hbond substituents is 1. The molecule has 29 heavy (non-hydrogen) atoms. The van der Waals surface area contributed by atoms with Gasteiger partial charge in [-0.15, -0.1) is 0 Å². The van der Waals surface area contributed by atoms with Crippen molar-refractivity contribution in [3.8, 4) is 5.75 Å². The maximum absolute atomic E-state index is 13.9. The molecular formula is C22H21ClFNO4. The second-order valence-corrected chi connectivity index (χ2v) is 7.33. The molecule has 0 aliphatic carbocycles. The molecule has 1 atom stereocenters. The smallest absolute Gasteiger partial charge is 0.310 e. The van der Waals surface area contributed by atoms with Gasteiger partial charge in [-0.3, -0.25) is 14.2 Å². The van der Waals surface area contributed by atoms with E-state index in [4.69, 9.17) is 16.3 Å². The number of fused-ring (bicyclic) bond motifs is 1. The van der Waals surface area contributed by atoms with E-state index in [1.807, 2.05) is 6.92 Å². The van der Waals surface area contributed by atoms with Crippen LogP contribution in [-0.4, -0.2) is 27.7 Å². The maximum Gasteiger partial charge on any atom is 0.310 e. The Morgan fingerprint density at radius 2 is 1.97 bits per heavy atom. The summed E-state index contributed by atoms with van der Waals surface area (Å²) < 4.78 is 20.6. The molecule has 3 aromatic rings. The number of phenols is 1. The summed E-state index contributed by atoms with van der Waals surface area (Å²) in [5, 5.41) is 10.4. The van der Waals surface area contributed by atoms with Gasteiger partial charge < -0.3 is 9.84 Å². The Morgan fingerprint density at radius 1 is 1.24 bits per heavy atom. The molecular weight excluding hydrogens is 397 g/mol. The highest BCUT2D eigenvalue weighted by Gasteiger charge is 2.23. The first-order chi connectivity index (χ1) is 13.7. The van der Waals surface area contributed by atoms with Crippen LogP contribution in [-0.2, 0) is 16.0 Å². The van der Waals surface area contributed by atoms with Gasteiger partial charge in [0.1, 0.15) is 11.6 Å². The molecule has 1 N–H and O–H groups in total. The van der Waals surface area contributed by atoms with E-state index in [0.717, 1.165) is 6.07 Å². The quantitative estimate of drug-likeness (QED) is 0.592. The van der Waals surface area contributed by atoms with Crippen LogP contribution in [0.2, 0.25) is 5.02 Å². The molecule has 0 spiro atoms. The average Bonchev–Trinajstić information content (AvgIpc) is 2.94. The predicted molar refractivity (Wildman–Crippen MR) is 109 cm³/mol. The summed E-state index contributed by atoms with van der Waals surface area (Å²) in [5.41, 5.74) is 1.72. The van der Waals surface area contributed by atoms with Crippen molar-refractivity contribution in [2.24, 2.45) is 0 Å². The maximum atomic E-state index is 13.9. The lowest BCUT2D eigenvalue weighted by atomic mass is 10.1. The molecule has 0 saturated carbocycles. The Hall–Kier alpha value is -2.86. The zero-order chi connectivity index (χ0) is 21.3. The summed E-state index contributed by atoms with van der Waals surface area (Å²) in [6, 6.07) is 8.38. The zero-order valence-corrected chi connectivity index (χ0v) is 17.1. The average molecular weight is 418 g/mol. The third kappa shape index (κ3) is 4.12. The van der Waals surface area contributed by atoms with Gasteiger partial charge in [-0.1, -0.05) is 18.5 Å². The van der Waals surface area contributed by atoms with Crippen molar-refractivity contribution >= 4 is 34.4 Å². The molecule has 3 rings (SSSR count). The highest BCUT2D eigenvalue weighted by atomic mass is 35.5. The van der Waals surface area contributed by atoms with Crippen molar-refractivity contribution in [3.05, 3.63) is 64.1 Å². The number of nitrogens with zero attached hydrogens (tertiary/aromatic N) is 1. The Labute approximate surface area is 172 Å². The molecule has 0 unspecified atom stereocenters. The summed E-state index contributed by atoms with van der Waals surface area (Å²) >= 11 is 5.72. The van der Waals surface area contributed by atoms with Crippen molar-refractivity contribution in [2.75, 3.05) is 0 Å². The number of hydrogen-bond donors (Lipinski definition) is 1. The number of benzene rings is 2. The number of halogens is 2. The number of carbonyl (C=O) groups is 2. The van der Waals surface area contributed by atoms with Gasteiger partial charge in [0.15, 0.2) is 0 Å². The second-order valence-electron chi connectivity index (χ2n) is 6.92. The third-order valence-electron chi connectivity index (χ3n) is 4.92. The highest BCUT2D eigenvalue weighted by molar-refractivity contribution is 6.30. The fourth-order valence-corrected chi connectivity index (χ4v) is 3.33. The van der Waals surface area contributed by atoms with Gasteiger partial charge in [-0.05, 0) is 62.2 Å². The first kappa shape index (κ1) is 20.9. The molecule has 1 aromatic heterocycles. The summed E-state index contributed by atoms with van der Waals surface area (Å²) in [7, 11) is 0. The van der Waals surface area contributed by atoms with Crippen LogP contribution in [0.15, 0.2) is 36.4 Å². The third-order valence-corrected chi connectivity index (χ3v) is 5.22. The van der Waals surface area contributed by atoms with E-state index >= 15 is 0 Å². The molecule has 0 fully saturated rings. The van der Waals surface area contributed by atoms with Crippen LogP contribution in [0.5, 0.6) is 5.75 Å². The number of rotatable bonds is 5. The van der Waals surface area contributed by atoms with Crippen molar-refractivity contribution in [1.29, 1.82) is 0 Å². The summed E-state index contributed by atoms with van der Waals surface area (Å²) in [4.78, 5) is 25.5. The summed E-state index contributed by atoms with van der Waals surface area (Å²) in [5.74, 6) is -1.57. The van der Waals surface area contributed by atoms with Crippen LogP contribution in [0.4, 0.5) is 4.39 Å². The fraction of sp³-hybridized carbons (Fsp3) is 0.273. The standard InChI is InChI=1S/C22H21ClFNO4/c1-4-12(2)29-21(27)11-16-13(3)25(20-8-6-15(26)10-17(16)20)22(28)14-5-7-18(23)19(24)9-14/h5-10,12,26H,4,11H2,1-3H3/t12-/m0/s1. The van der Waals surface area contributed by atoms with Gasteiger partial charge in [0.2, 0.25) is 0 Å². The predicted octanol–water partition coefficient (Wildman–Crippen LogP) is 5.02. The monoisotopic (exact) mass is 417 g/mol. The second kappa shape index (κ2) is 8.25. The SMILES string of the molecule is CC[C@H](C)OC(=O)Cc1c(C)n(C(=O)c2ccc(Cl)c(F)c2)c2ccc(O)cc12. The number of esters is 1. The molecule has 0 bridgehead atoms. The lowest BCUT2D eigenvalue weighted by Crippen LogP contribution is -2.17. The zero-order valence-electron chi connectivity index (χ0n) is 16.3. The molecule has 152 valence electrons. The Kier molecular flexibility index (Phi) is 5.94. The van der Waals surface area contributed by atoms with E-state index in [1.165, 1.54) is 28.8 Å². The van der Waals surface area contributed by atoms with Gasteiger partial charge in [-0.2, -0.15) is 0 Å². The minimum atomic E-state index is -0.693. The molecule has 0 aliphatic heterocycles. The molecule has 2 aromatic carbocycles. The van der Waals surface area contributed by atoms with Crippen LogP contribution in [0, 0.1) is 12.7 Å². The van der Waals surface area contributed by atoms with E-state index in [0.29, 0.717) is 28.6 Å². The first-order valence-corrected chi connectivity index (χ1v) is 9.62. The largest absolute Gasteiger partial charge is 0.508 e. The Morgan fingerprint density at radius 3 is 2.62 bits per heavy atom. The highest BCUT2D eigenvalue weighted by Crippen LogP contribution is 2.31. The van der Waals surface area contributed by atoms with Crippen LogP contribution >= 0.6 is 11.6 Å². The summed E-state index contributed by atoms with van der Waals surface area (Å²) in [6.07, 6.45) is 0.419. The number of aromatic nitrogens is 1. The first-order valence-electron chi connectivity index (χ1n) is 9.25. The van der Waals surface area contributed by atoms with Crippen LogP contribution in [0.25, 0.3) is 10.9 Å². The molecule has 5 nitrogen and oxygen atoms in total. The minimum absolute atomic E-state index is 0.0104. The van der Waals surface area contributed by atoms with Crippen LogP contribution < -0.4 is 0 Å². The molecule has 0 saturated heterocycles.